The van der Waals surface area contributed by atoms with Crippen LogP contribution >= 0.6 is 0 Å². The predicted octanol–water partition coefficient (Wildman–Crippen LogP) is 2.74. The van der Waals surface area contributed by atoms with Crippen molar-refractivity contribution >= 4 is 12.1 Å². The van der Waals surface area contributed by atoms with E-state index in [2.05, 4.69) is 0 Å². The van der Waals surface area contributed by atoms with Gasteiger partial charge in [0.1, 0.15) is 11.6 Å². The Morgan fingerprint density at radius 3 is 2.52 bits per heavy atom. The summed E-state index contributed by atoms with van der Waals surface area (Å²) in [5.74, 6) is -1.01. The highest BCUT2D eigenvalue weighted by Crippen LogP contribution is 2.26. The van der Waals surface area contributed by atoms with Crippen molar-refractivity contribution in [2.24, 2.45) is 0 Å². The van der Waals surface area contributed by atoms with Crippen LogP contribution in [0.15, 0.2) is 18.2 Å². The zero-order chi connectivity index (χ0) is 15.8. The summed E-state index contributed by atoms with van der Waals surface area (Å²) in [6.45, 7) is 7.54. The van der Waals surface area contributed by atoms with Gasteiger partial charge in [0.2, 0.25) is 0 Å². The molecular formula is C16H21NO4. The molecule has 0 radical (unpaired) electrons. The van der Waals surface area contributed by atoms with Crippen molar-refractivity contribution in [1.29, 1.82) is 0 Å². The number of hydrogen-bond acceptors (Lipinski definition) is 3. The highest BCUT2D eigenvalue weighted by atomic mass is 16.6. The molecule has 114 valence electrons. The Morgan fingerprint density at radius 2 is 1.95 bits per heavy atom. The molecule has 2 rings (SSSR count). The third-order valence-corrected chi connectivity index (χ3v) is 3.41. The molecule has 0 saturated heterocycles. The first-order valence-corrected chi connectivity index (χ1v) is 6.98. The third-order valence-electron chi connectivity index (χ3n) is 3.41. The Balaban J connectivity index is 2.30. The van der Waals surface area contributed by atoms with Gasteiger partial charge < -0.3 is 9.84 Å². The highest BCUT2D eigenvalue weighted by Gasteiger charge is 2.36. The Morgan fingerprint density at radius 1 is 1.29 bits per heavy atom. The molecule has 1 aliphatic rings. The van der Waals surface area contributed by atoms with E-state index in [9.17, 15) is 14.7 Å². The zero-order valence-electron chi connectivity index (χ0n) is 12.8. The van der Waals surface area contributed by atoms with E-state index in [0.29, 0.717) is 6.42 Å². The van der Waals surface area contributed by atoms with E-state index in [-0.39, 0.29) is 6.54 Å². The maximum atomic E-state index is 12.3. The van der Waals surface area contributed by atoms with Crippen LogP contribution in [0.4, 0.5) is 4.79 Å². The number of carbonyl (C=O) groups is 2. The van der Waals surface area contributed by atoms with Gasteiger partial charge in [0.25, 0.3) is 0 Å². The average molecular weight is 291 g/mol. The van der Waals surface area contributed by atoms with E-state index >= 15 is 0 Å². The van der Waals surface area contributed by atoms with Crippen LogP contribution < -0.4 is 0 Å². The number of benzene rings is 1. The number of fused-ring (bicyclic) bond motifs is 1. The number of carboxylic acids is 1. The van der Waals surface area contributed by atoms with Gasteiger partial charge in [0.15, 0.2) is 0 Å². The van der Waals surface area contributed by atoms with Crippen molar-refractivity contribution in [2.75, 3.05) is 0 Å². The molecule has 0 fully saturated rings. The third kappa shape index (κ3) is 3.54. The zero-order valence-corrected chi connectivity index (χ0v) is 12.8. The first kappa shape index (κ1) is 15.4. The van der Waals surface area contributed by atoms with Crippen LogP contribution in [-0.2, 0) is 22.5 Å². The number of amides is 1. The molecule has 0 bridgehead atoms. The van der Waals surface area contributed by atoms with Gasteiger partial charge in [-0.25, -0.2) is 9.59 Å². The molecule has 5 nitrogen and oxygen atoms in total. The van der Waals surface area contributed by atoms with Crippen molar-refractivity contribution in [3.8, 4) is 0 Å². The van der Waals surface area contributed by atoms with Crippen molar-refractivity contribution < 1.29 is 19.4 Å². The topological polar surface area (TPSA) is 66.8 Å². The molecule has 5 heteroatoms. The van der Waals surface area contributed by atoms with Gasteiger partial charge in [-0.05, 0) is 38.8 Å². The van der Waals surface area contributed by atoms with Crippen molar-refractivity contribution in [3.63, 3.8) is 0 Å². The first-order valence-electron chi connectivity index (χ1n) is 6.98. The second kappa shape index (κ2) is 5.39. The lowest BCUT2D eigenvalue weighted by Gasteiger charge is -2.35. The predicted molar refractivity (Wildman–Crippen MR) is 78.1 cm³/mol. The highest BCUT2D eigenvalue weighted by molar-refractivity contribution is 5.81. The molecule has 1 amide bonds. The molecule has 1 heterocycles. The van der Waals surface area contributed by atoms with Gasteiger partial charge in [-0.1, -0.05) is 23.8 Å². The van der Waals surface area contributed by atoms with Crippen LogP contribution in [0.25, 0.3) is 0 Å². The van der Waals surface area contributed by atoms with Crippen molar-refractivity contribution in [1.82, 2.24) is 4.90 Å². The largest absolute Gasteiger partial charge is 0.480 e. The van der Waals surface area contributed by atoms with Gasteiger partial charge >= 0.3 is 12.1 Å². The molecule has 0 aliphatic carbocycles. The van der Waals surface area contributed by atoms with Crippen LogP contribution in [-0.4, -0.2) is 33.7 Å². The fourth-order valence-corrected chi connectivity index (χ4v) is 2.45. The minimum atomic E-state index is -1.01. The molecule has 0 unspecified atom stereocenters. The first-order chi connectivity index (χ1) is 9.67. The number of nitrogens with zero attached hydrogens (tertiary/aromatic N) is 1. The van der Waals surface area contributed by atoms with E-state index in [1.165, 1.54) is 4.90 Å². The van der Waals surface area contributed by atoms with Crippen LogP contribution in [0.2, 0.25) is 0 Å². The number of rotatable bonds is 1. The standard InChI is InChI=1S/C16H21NO4/c1-10-5-6-11-8-13(14(18)19)17(9-12(11)7-10)15(20)21-16(2,3)4/h5-7,13H,8-9H2,1-4H3,(H,18,19)/t13-/m0/s1. The molecule has 0 aromatic heterocycles. The number of ether oxygens (including phenoxy) is 1. The second-order valence-electron chi connectivity index (χ2n) is 6.44. The van der Waals surface area contributed by atoms with Crippen molar-refractivity contribution in [2.45, 2.75) is 52.3 Å². The Bertz CT molecular complexity index is 574. The molecule has 1 N–H and O–H groups in total. The number of aliphatic carboxylic acids is 1. The summed E-state index contributed by atoms with van der Waals surface area (Å²) in [6.07, 6.45) is -0.272. The van der Waals surface area contributed by atoms with E-state index in [1.54, 1.807) is 20.8 Å². The maximum absolute atomic E-state index is 12.3. The number of aryl methyl sites for hydroxylation is 1. The lowest BCUT2D eigenvalue weighted by molar-refractivity contribution is -0.143. The number of carboxylic acid groups (broad SMARTS) is 1. The summed E-state index contributed by atoms with van der Waals surface area (Å²) in [5, 5.41) is 9.39. The second-order valence-corrected chi connectivity index (χ2v) is 6.44. The molecule has 1 aromatic rings. The summed E-state index contributed by atoms with van der Waals surface area (Å²) < 4.78 is 5.33. The fourth-order valence-electron chi connectivity index (χ4n) is 2.45. The lowest BCUT2D eigenvalue weighted by Crippen LogP contribution is -2.50. The van der Waals surface area contributed by atoms with Gasteiger partial charge in [0, 0.05) is 6.42 Å². The smallest absolute Gasteiger partial charge is 0.411 e. The Labute approximate surface area is 124 Å². The van der Waals surface area contributed by atoms with Gasteiger partial charge in [0.05, 0.1) is 6.54 Å². The summed E-state index contributed by atoms with van der Waals surface area (Å²) >= 11 is 0. The Hall–Kier alpha value is -2.04. The van der Waals surface area contributed by atoms with E-state index < -0.39 is 23.7 Å². The van der Waals surface area contributed by atoms with Crippen LogP contribution in [0.3, 0.4) is 0 Å². The molecule has 1 atom stereocenters. The summed E-state index contributed by atoms with van der Waals surface area (Å²) in [4.78, 5) is 25.0. The van der Waals surface area contributed by atoms with E-state index in [4.69, 9.17) is 4.74 Å². The molecule has 21 heavy (non-hydrogen) atoms. The number of carbonyl (C=O) groups excluding carboxylic acids is 1. The maximum Gasteiger partial charge on any atom is 0.411 e. The van der Waals surface area contributed by atoms with Crippen molar-refractivity contribution in [3.05, 3.63) is 34.9 Å². The van der Waals surface area contributed by atoms with E-state index in [0.717, 1.165) is 16.7 Å². The molecular weight excluding hydrogens is 270 g/mol. The minimum Gasteiger partial charge on any atom is -0.480 e. The summed E-state index contributed by atoms with van der Waals surface area (Å²) in [7, 11) is 0. The molecule has 1 aliphatic heterocycles. The van der Waals surface area contributed by atoms with Gasteiger partial charge in [-0.15, -0.1) is 0 Å². The monoisotopic (exact) mass is 291 g/mol. The Kier molecular flexibility index (Phi) is 3.94. The van der Waals surface area contributed by atoms with Crippen LogP contribution in [0.5, 0.6) is 0 Å². The summed E-state index contributed by atoms with van der Waals surface area (Å²) in [5.41, 5.74) is 2.41. The minimum absolute atomic E-state index is 0.267. The van der Waals surface area contributed by atoms with Gasteiger partial charge in [-0.2, -0.15) is 0 Å². The quantitative estimate of drug-likeness (QED) is 0.864. The molecule has 0 spiro atoms. The fraction of sp³-hybridized carbons (Fsp3) is 0.500. The van der Waals surface area contributed by atoms with Gasteiger partial charge in [-0.3, -0.25) is 4.90 Å². The van der Waals surface area contributed by atoms with Crippen LogP contribution in [0, 0.1) is 6.92 Å². The van der Waals surface area contributed by atoms with Crippen LogP contribution in [0.1, 0.15) is 37.5 Å². The average Bonchev–Trinajstić information content (AvgIpc) is 2.34. The summed E-state index contributed by atoms with van der Waals surface area (Å²) in [6, 6.07) is 5.01. The van der Waals surface area contributed by atoms with E-state index in [1.807, 2.05) is 25.1 Å². The number of hydrogen-bond donors (Lipinski definition) is 1. The lowest BCUT2D eigenvalue weighted by atomic mass is 9.93. The SMILES string of the molecule is Cc1ccc2c(c1)CN(C(=O)OC(C)(C)C)[C@H](C(=O)O)C2. The normalized spacial score (nSPS) is 18.1. The molecule has 0 saturated carbocycles. The molecule has 1 aromatic carbocycles.